The summed E-state index contributed by atoms with van der Waals surface area (Å²) in [5.74, 6) is 0.0656. The van der Waals surface area contributed by atoms with Crippen LogP contribution < -0.4 is 5.32 Å². The Morgan fingerprint density at radius 3 is 2.60 bits per heavy atom. The van der Waals surface area contributed by atoms with Crippen LogP contribution in [0, 0.1) is 5.82 Å². The second-order valence-electron chi connectivity index (χ2n) is 6.66. The van der Waals surface area contributed by atoms with E-state index in [-0.39, 0.29) is 17.8 Å². The molecule has 132 valence electrons. The van der Waals surface area contributed by atoms with Gasteiger partial charge in [0, 0.05) is 25.6 Å². The standard InChI is InChI=1S/C21H25FN2O/c22-20-11-9-18(10-12-20)19-8-4-5-15-24(16-19)21(25)23-14-13-17-6-2-1-3-7-17/h1-3,6-7,9-12,19H,4-5,8,13-16H2,(H,23,25). The molecule has 1 saturated heterocycles. The lowest BCUT2D eigenvalue weighted by Crippen LogP contribution is -2.42. The molecule has 0 bridgehead atoms. The van der Waals surface area contributed by atoms with Gasteiger partial charge in [0.2, 0.25) is 0 Å². The fraction of sp³-hybridized carbons (Fsp3) is 0.381. The highest BCUT2D eigenvalue weighted by Crippen LogP contribution is 2.26. The minimum Gasteiger partial charge on any atom is -0.338 e. The molecule has 0 radical (unpaired) electrons. The maximum Gasteiger partial charge on any atom is 0.317 e. The minimum atomic E-state index is -0.215. The van der Waals surface area contributed by atoms with Crippen LogP contribution in [0.4, 0.5) is 9.18 Å². The van der Waals surface area contributed by atoms with Crippen molar-refractivity contribution < 1.29 is 9.18 Å². The molecule has 2 amide bonds. The van der Waals surface area contributed by atoms with Gasteiger partial charge in [0.15, 0.2) is 0 Å². The summed E-state index contributed by atoms with van der Waals surface area (Å²) in [5.41, 5.74) is 2.34. The van der Waals surface area contributed by atoms with Crippen LogP contribution in [0.25, 0.3) is 0 Å². The van der Waals surface area contributed by atoms with Crippen LogP contribution >= 0.6 is 0 Å². The second kappa shape index (κ2) is 8.65. The summed E-state index contributed by atoms with van der Waals surface area (Å²) in [6, 6.07) is 16.9. The van der Waals surface area contributed by atoms with E-state index in [2.05, 4.69) is 17.4 Å². The highest BCUT2D eigenvalue weighted by atomic mass is 19.1. The molecule has 0 aliphatic carbocycles. The Hall–Kier alpha value is -2.36. The molecule has 1 fully saturated rings. The van der Waals surface area contributed by atoms with Crippen LogP contribution in [0.15, 0.2) is 54.6 Å². The first-order valence-corrected chi connectivity index (χ1v) is 9.04. The third kappa shape index (κ3) is 5.05. The van der Waals surface area contributed by atoms with E-state index >= 15 is 0 Å². The van der Waals surface area contributed by atoms with E-state index in [1.54, 1.807) is 0 Å². The van der Waals surface area contributed by atoms with Gasteiger partial charge >= 0.3 is 6.03 Å². The van der Waals surface area contributed by atoms with Gasteiger partial charge in [-0.1, -0.05) is 48.9 Å². The zero-order chi connectivity index (χ0) is 17.5. The van der Waals surface area contributed by atoms with E-state index in [0.717, 1.165) is 37.8 Å². The molecule has 25 heavy (non-hydrogen) atoms. The topological polar surface area (TPSA) is 32.3 Å². The predicted molar refractivity (Wildman–Crippen MR) is 98.1 cm³/mol. The molecule has 0 aromatic heterocycles. The van der Waals surface area contributed by atoms with Gasteiger partial charge in [-0.3, -0.25) is 0 Å². The van der Waals surface area contributed by atoms with Gasteiger partial charge < -0.3 is 10.2 Å². The van der Waals surface area contributed by atoms with Gasteiger partial charge in [0.05, 0.1) is 0 Å². The predicted octanol–water partition coefficient (Wildman–Crippen LogP) is 4.35. The highest BCUT2D eigenvalue weighted by molar-refractivity contribution is 5.74. The lowest BCUT2D eigenvalue weighted by atomic mass is 9.94. The molecular formula is C21H25FN2O. The average Bonchev–Trinajstić information content (AvgIpc) is 2.89. The van der Waals surface area contributed by atoms with E-state index in [9.17, 15) is 9.18 Å². The molecule has 4 heteroatoms. The average molecular weight is 340 g/mol. The summed E-state index contributed by atoms with van der Waals surface area (Å²) < 4.78 is 13.1. The monoisotopic (exact) mass is 340 g/mol. The van der Waals surface area contributed by atoms with Crippen molar-refractivity contribution in [2.75, 3.05) is 19.6 Å². The number of hydrogen-bond acceptors (Lipinski definition) is 1. The first-order chi connectivity index (χ1) is 12.2. The van der Waals surface area contributed by atoms with Crippen molar-refractivity contribution in [1.29, 1.82) is 0 Å². The van der Waals surface area contributed by atoms with Crippen molar-refractivity contribution in [3.63, 3.8) is 0 Å². The molecule has 3 rings (SSSR count). The van der Waals surface area contributed by atoms with Crippen molar-refractivity contribution in [3.8, 4) is 0 Å². The Morgan fingerprint density at radius 2 is 1.84 bits per heavy atom. The summed E-state index contributed by atoms with van der Waals surface area (Å²) in [7, 11) is 0. The third-order valence-corrected chi connectivity index (χ3v) is 4.83. The van der Waals surface area contributed by atoms with Crippen molar-refractivity contribution in [1.82, 2.24) is 10.2 Å². The molecular weight excluding hydrogens is 315 g/mol. The van der Waals surface area contributed by atoms with Gasteiger partial charge in [0.1, 0.15) is 5.82 Å². The Morgan fingerprint density at radius 1 is 1.08 bits per heavy atom. The van der Waals surface area contributed by atoms with Crippen LogP contribution in [0.5, 0.6) is 0 Å². The van der Waals surface area contributed by atoms with E-state index in [1.165, 1.54) is 17.7 Å². The summed E-state index contributed by atoms with van der Waals surface area (Å²) in [5, 5.41) is 3.04. The summed E-state index contributed by atoms with van der Waals surface area (Å²) in [6.45, 7) is 2.12. The normalized spacial score (nSPS) is 17.8. The first kappa shape index (κ1) is 17.5. The number of hydrogen-bond donors (Lipinski definition) is 1. The molecule has 1 N–H and O–H groups in total. The first-order valence-electron chi connectivity index (χ1n) is 9.04. The number of amides is 2. The van der Waals surface area contributed by atoms with Crippen LogP contribution in [0.2, 0.25) is 0 Å². The van der Waals surface area contributed by atoms with Gasteiger partial charge in [-0.05, 0) is 42.5 Å². The number of carbonyl (C=O) groups excluding carboxylic acids is 1. The minimum absolute atomic E-state index is 0.00458. The molecule has 2 aromatic carbocycles. The van der Waals surface area contributed by atoms with E-state index in [4.69, 9.17) is 0 Å². The zero-order valence-electron chi connectivity index (χ0n) is 14.5. The molecule has 1 aliphatic rings. The molecule has 2 aromatic rings. The van der Waals surface area contributed by atoms with Gasteiger partial charge in [-0.15, -0.1) is 0 Å². The van der Waals surface area contributed by atoms with E-state index in [1.807, 2.05) is 35.2 Å². The van der Waals surface area contributed by atoms with Crippen molar-refractivity contribution in [2.24, 2.45) is 0 Å². The van der Waals surface area contributed by atoms with Crippen LogP contribution in [0.3, 0.4) is 0 Å². The number of halogens is 1. The number of urea groups is 1. The number of nitrogens with zero attached hydrogens (tertiary/aromatic N) is 1. The molecule has 1 aliphatic heterocycles. The van der Waals surface area contributed by atoms with Crippen LogP contribution in [0.1, 0.15) is 36.3 Å². The van der Waals surface area contributed by atoms with Gasteiger partial charge in [-0.25, -0.2) is 9.18 Å². The Bertz CT molecular complexity index is 672. The number of likely N-dealkylation sites (tertiary alicyclic amines) is 1. The van der Waals surface area contributed by atoms with Crippen molar-refractivity contribution >= 4 is 6.03 Å². The van der Waals surface area contributed by atoms with Gasteiger partial charge in [-0.2, -0.15) is 0 Å². The lowest BCUT2D eigenvalue weighted by Gasteiger charge is -2.25. The quantitative estimate of drug-likeness (QED) is 0.882. The number of nitrogens with one attached hydrogen (secondary N) is 1. The molecule has 0 spiro atoms. The smallest absolute Gasteiger partial charge is 0.317 e. The summed E-state index contributed by atoms with van der Waals surface area (Å²) in [6.07, 6.45) is 3.99. The van der Waals surface area contributed by atoms with E-state index < -0.39 is 0 Å². The zero-order valence-corrected chi connectivity index (χ0v) is 14.5. The molecule has 1 heterocycles. The number of rotatable bonds is 4. The Kier molecular flexibility index (Phi) is 6.04. The van der Waals surface area contributed by atoms with E-state index in [0.29, 0.717) is 13.1 Å². The lowest BCUT2D eigenvalue weighted by molar-refractivity contribution is 0.197. The fourth-order valence-electron chi connectivity index (χ4n) is 3.40. The molecule has 0 saturated carbocycles. The SMILES string of the molecule is O=C(NCCc1ccccc1)N1CCCCC(c2ccc(F)cc2)C1. The highest BCUT2D eigenvalue weighted by Gasteiger charge is 2.23. The summed E-state index contributed by atoms with van der Waals surface area (Å²) >= 11 is 0. The Labute approximate surface area is 148 Å². The summed E-state index contributed by atoms with van der Waals surface area (Å²) in [4.78, 5) is 14.4. The fourth-order valence-corrected chi connectivity index (χ4v) is 3.40. The Balaban J connectivity index is 1.54. The van der Waals surface area contributed by atoms with Crippen molar-refractivity contribution in [3.05, 3.63) is 71.5 Å². The molecule has 3 nitrogen and oxygen atoms in total. The maximum atomic E-state index is 13.1. The van der Waals surface area contributed by atoms with Crippen LogP contribution in [-0.4, -0.2) is 30.6 Å². The molecule has 1 unspecified atom stereocenters. The molecule has 1 atom stereocenters. The van der Waals surface area contributed by atoms with Crippen LogP contribution in [-0.2, 0) is 6.42 Å². The maximum absolute atomic E-state index is 13.1. The number of carbonyl (C=O) groups is 1. The third-order valence-electron chi connectivity index (χ3n) is 4.83. The van der Waals surface area contributed by atoms with Gasteiger partial charge in [0.25, 0.3) is 0 Å². The number of benzene rings is 2. The largest absolute Gasteiger partial charge is 0.338 e. The van der Waals surface area contributed by atoms with Crippen molar-refractivity contribution in [2.45, 2.75) is 31.6 Å². The second-order valence-corrected chi connectivity index (χ2v) is 6.66.